The second-order valence-electron chi connectivity index (χ2n) is 6.25. The summed E-state index contributed by atoms with van der Waals surface area (Å²) in [5.41, 5.74) is 2.99. The van der Waals surface area contributed by atoms with Gasteiger partial charge in [-0.3, -0.25) is 4.79 Å². The molecular weight excluding hydrogens is 320 g/mol. The minimum absolute atomic E-state index is 0.0161. The lowest BCUT2D eigenvalue weighted by Crippen LogP contribution is -2.31. The fourth-order valence-corrected chi connectivity index (χ4v) is 3.78. The van der Waals surface area contributed by atoms with Gasteiger partial charge in [-0.2, -0.15) is 11.3 Å². The summed E-state index contributed by atoms with van der Waals surface area (Å²) < 4.78 is 5.13. The van der Waals surface area contributed by atoms with Crippen molar-refractivity contribution in [2.45, 2.75) is 6.42 Å². The van der Waals surface area contributed by atoms with Gasteiger partial charge in [-0.1, -0.05) is 12.1 Å². The van der Waals surface area contributed by atoms with Crippen LogP contribution in [-0.4, -0.2) is 50.7 Å². The molecule has 128 valence electrons. The van der Waals surface area contributed by atoms with Gasteiger partial charge in [0.15, 0.2) is 0 Å². The summed E-state index contributed by atoms with van der Waals surface area (Å²) >= 11 is 1.67. The number of amides is 1. The molecule has 2 aromatic rings. The molecule has 3 rings (SSSR count). The largest absolute Gasteiger partial charge is 0.383 e. The van der Waals surface area contributed by atoms with E-state index in [-0.39, 0.29) is 5.91 Å². The Labute approximate surface area is 147 Å². The predicted molar refractivity (Wildman–Crippen MR) is 98.5 cm³/mol. The first kappa shape index (κ1) is 17.1. The summed E-state index contributed by atoms with van der Waals surface area (Å²) in [5.74, 6) is 0.549. The molecule has 0 spiro atoms. The average molecular weight is 344 g/mol. The van der Waals surface area contributed by atoms with Crippen LogP contribution >= 0.6 is 11.3 Å². The van der Waals surface area contributed by atoms with Crippen LogP contribution in [0.25, 0.3) is 11.1 Å². The molecule has 1 atom stereocenters. The number of nitrogens with zero attached hydrogens (tertiary/aromatic N) is 1. The Bertz CT molecular complexity index is 657. The SMILES string of the molecule is COCCN1CCC(CNC(=O)c2cccc(-c3ccsc3)c2)C1. The summed E-state index contributed by atoms with van der Waals surface area (Å²) in [6, 6.07) is 9.92. The van der Waals surface area contributed by atoms with E-state index in [4.69, 9.17) is 4.74 Å². The number of likely N-dealkylation sites (tertiary alicyclic amines) is 1. The van der Waals surface area contributed by atoms with Crippen molar-refractivity contribution in [2.75, 3.05) is 39.9 Å². The van der Waals surface area contributed by atoms with E-state index < -0.39 is 0 Å². The molecule has 5 heteroatoms. The van der Waals surface area contributed by atoms with Crippen LogP contribution in [0.4, 0.5) is 0 Å². The minimum Gasteiger partial charge on any atom is -0.383 e. The molecule has 4 nitrogen and oxygen atoms in total. The van der Waals surface area contributed by atoms with Crippen LogP contribution in [0, 0.1) is 5.92 Å². The molecule has 1 aromatic heterocycles. The maximum atomic E-state index is 12.4. The highest BCUT2D eigenvalue weighted by molar-refractivity contribution is 7.08. The third kappa shape index (κ3) is 4.44. The zero-order valence-corrected chi connectivity index (χ0v) is 14.8. The quantitative estimate of drug-likeness (QED) is 0.839. The zero-order chi connectivity index (χ0) is 16.8. The summed E-state index contributed by atoms with van der Waals surface area (Å²) in [6.45, 7) is 4.62. The second-order valence-corrected chi connectivity index (χ2v) is 7.03. The molecule has 1 aromatic carbocycles. The van der Waals surface area contributed by atoms with Crippen molar-refractivity contribution in [3.8, 4) is 11.1 Å². The van der Waals surface area contributed by atoms with Crippen molar-refractivity contribution in [3.63, 3.8) is 0 Å². The van der Waals surface area contributed by atoms with Gasteiger partial charge in [-0.25, -0.2) is 0 Å². The van der Waals surface area contributed by atoms with E-state index >= 15 is 0 Å². The second kappa shape index (κ2) is 8.42. The Kier molecular flexibility index (Phi) is 6.01. The van der Waals surface area contributed by atoms with Crippen molar-refractivity contribution in [1.29, 1.82) is 0 Å². The minimum atomic E-state index is 0.0161. The first-order chi connectivity index (χ1) is 11.8. The number of hydrogen-bond donors (Lipinski definition) is 1. The monoisotopic (exact) mass is 344 g/mol. The van der Waals surface area contributed by atoms with Crippen molar-refractivity contribution < 1.29 is 9.53 Å². The predicted octanol–water partition coefficient (Wildman–Crippen LogP) is 3.11. The highest BCUT2D eigenvalue weighted by Crippen LogP contribution is 2.23. The summed E-state index contributed by atoms with van der Waals surface area (Å²) in [7, 11) is 1.73. The van der Waals surface area contributed by atoms with E-state index in [2.05, 4.69) is 27.0 Å². The summed E-state index contributed by atoms with van der Waals surface area (Å²) in [5, 5.41) is 7.25. The van der Waals surface area contributed by atoms with Gasteiger partial charge in [0.25, 0.3) is 5.91 Å². The average Bonchev–Trinajstić information content (AvgIpc) is 3.30. The topological polar surface area (TPSA) is 41.6 Å². The molecule has 2 heterocycles. The van der Waals surface area contributed by atoms with Crippen molar-refractivity contribution in [3.05, 3.63) is 46.7 Å². The number of carbonyl (C=O) groups is 1. The number of rotatable bonds is 7. The smallest absolute Gasteiger partial charge is 0.251 e. The van der Waals surface area contributed by atoms with Gasteiger partial charge in [-0.05, 0) is 59.0 Å². The molecule has 1 amide bonds. The Balaban J connectivity index is 1.52. The molecule has 0 radical (unpaired) electrons. The van der Waals surface area contributed by atoms with Crippen LogP contribution in [-0.2, 0) is 4.74 Å². The Hall–Kier alpha value is -1.69. The van der Waals surface area contributed by atoms with Gasteiger partial charge in [0.2, 0.25) is 0 Å². The molecule has 1 saturated heterocycles. The Morgan fingerprint density at radius 3 is 3.08 bits per heavy atom. The zero-order valence-electron chi connectivity index (χ0n) is 14.0. The maximum absolute atomic E-state index is 12.4. The van der Waals surface area contributed by atoms with E-state index in [1.54, 1.807) is 18.4 Å². The fraction of sp³-hybridized carbons (Fsp3) is 0.421. The normalized spacial score (nSPS) is 18.0. The van der Waals surface area contributed by atoms with Gasteiger partial charge in [-0.15, -0.1) is 0 Å². The number of hydrogen-bond acceptors (Lipinski definition) is 4. The molecule has 1 aliphatic heterocycles. The van der Waals surface area contributed by atoms with Gasteiger partial charge >= 0.3 is 0 Å². The van der Waals surface area contributed by atoms with Gasteiger partial charge in [0, 0.05) is 32.3 Å². The van der Waals surface area contributed by atoms with E-state index in [0.29, 0.717) is 5.92 Å². The van der Waals surface area contributed by atoms with Gasteiger partial charge in [0.05, 0.1) is 6.61 Å². The number of methoxy groups -OCH3 is 1. The number of ether oxygens (including phenoxy) is 1. The first-order valence-electron chi connectivity index (χ1n) is 8.38. The molecule has 0 bridgehead atoms. The van der Waals surface area contributed by atoms with Crippen LogP contribution in [0.3, 0.4) is 0 Å². The van der Waals surface area contributed by atoms with E-state index in [1.165, 1.54) is 5.56 Å². The van der Waals surface area contributed by atoms with Crippen molar-refractivity contribution in [2.24, 2.45) is 5.92 Å². The van der Waals surface area contributed by atoms with E-state index in [1.807, 2.05) is 24.3 Å². The lowest BCUT2D eigenvalue weighted by molar-refractivity contribution is 0.0946. The van der Waals surface area contributed by atoms with Crippen molar-refractivity contribution >= 4 is 17.2 Å². The third-order valence-electron chi connectivity index (χ3n) is 4.51. The van der Waals surface area contributed by atoms with Crippen LogP contribution in [0.2, 0.25) is 0 Å². The molecule has 0 aliphatic carbocycles. The number of nitrogens with one attached hydrogen (secondary N) is 1. The highest BCUT2D eigenvalue weighted by atomic mass is 32.1. The van der Waals surface area contributed by atoms with Gasteiger partial charge < -0.3 is 15.0 Å². The highest BCUT2D eigenvalue weighted by Gasteiger charge is 2.22. The standard InChI is InChI=1S/C19H24N2O2S/c1-23-9-8-21-7-5-15(13-21)12-20-19(22)17-4-2-3-16(11-17)18-6-10-24-14-18/h2-4,6,10-11,14-15H,5,7-9,12-13H2,1H3,(H,20,22). The van der Waals surface area contributed by atoms with Gasteiger partial charge in [0.1, 0.15) is 0 Å². The lowest BCUT2D eigenvalue weighted by Gasteiger charge is -2.15. The molecule has 1 aliphatic rings. The van der Waals surface area contributed by atoms with Crippen LogP contribution in [0.1, 0.15) is 16.8 Å². The third-order valence-corrected chi connectivity index (χ3v) is 5.20. The first-order valence-corrected chi connectivity index (χ1v) is 9.32. The molecule has 1 fully saturated rings. The van der Waals surface area contributed by atoms with Crippen LogP contribution in [0.5, 0.6) is 0 Å². The number of benzene rings is 1. The molecular formula is C19H24N2O2S. The molecule has 24 heavy (non-hydrogen) atoms. The van der Waals surface area contributed by atoms with Crippen molar-refractivity contribution in [1.82, 2.24) is 10.2 Å². The lowest BCUT2D eigenvalue weighted by atomic mass is 10.1. The van der Waals surface area contributed by atoms with E-state index in [0.717, 1.165) is 50.3 Å². The molecule has 1 N–H and O–H groups in total. The Morgan fingerprint density at radius 2 is 2.29 bits per heavy atom. The molecule has 0 saturated carbocycles. The number of carbonyl (C=O) groups excluding carboxylic acids is 1. The fourth-order valence-electron chi connectivity index (χ4n) is 3.11. The number of thiophene rings is 1. The summed E-state index contributed by atoms with van der Waals surface area (Å²) in [6.07, 6.45) is 1.14. The van der Waals surface area contributed by atoms with E-state index in [9.17, 15) is 4.79 Å². The van der Waals surface area contributed by atoms with Crippen LogP contribution < -0.4 is 5.32 Å². The van der Waals surface area contributed by atoms with Crippen LogP contribution in [0.15, 0.2) is 41.1 Å². The Morgan fingerprint density at radius 1 is 1.38 bits per heavy atom. The maximum Gasteiger partial charge on any atom is 0.251 e. The summed E-state index contributed by atoms with van der Waals surface area (Å²) in [4.78, 5) is 14.8. The molecule has 1 unspecified atom stereocenters.